The van der Waals surface area contributed by atoms with Crippen molar-refractivity contribution in [3.05, 3.63) is 0 Å². The predicted octanol–water partition coefficient (Wildman–Crippen LogP) is 5.82. The molecule has 0 aromatic heterocycles. The number of hydrogen-bond donors (Lipinski definition) is 0. The van der Waals surface area contributed by atoms with Crippen molar-refractivity contribution < 1.29 is 52.2 Å². The van der Waals surface area contributed by atoms with Gasteiger partial charge in [-0.25, -0.2) is 0 Å². The monoisotopic (exact) mass is 778 g/mol. The van der Waals surface area contributed by atoms with Crippen LogP contribution in [0.15, 0.2) is 0 Å². The van der Waals surface area contributed by atoms with E-state index in [9.17, 15) is 4.79 Å². The lowest BCUT2D eigenvalue weighted by atomic mass is 10.1. The molecule has 0 heterocycles. The Labute approximate surface area is 293 Å². The van der Waals surface area contributed by atoms with Crippen molar-refractivity contribution in [2.75, 3.05) is 130 Å². The minimum absolute atomic E-state index is 0.137. The van der Waals surface area contributed by atoms with Crippen molar-refractivity contribution in [1.82, 2.24) is 0 Å². The van der Waals surface area contributed by atoms with E-state index in [0.717, 1.165) is 25.9 Å². The van der Waals surface area contributed by atoms with Gasteiger partial charge in [-0.3, -0.25) is 4.79 Å². The van der Waals surface area contributed by atoms with Crippen LogP contribution in [-0.4, -0.2) is 136 Å². The first-order chi connectivity index (χ1) is 22.8. The molecule has 0 saturated carbocycles. The normalized spacial score (nSPS) is 11.4. The third-order valence-electron chi connectivity index (χ3n) is 6.62. The van der Waals surface area contributed by atoms with E-state index < -0.39 is 0 Å². The first-order valence-electron chi connectivity index (χ1n) is 17.7. The fourth-order valence-electron chi connectivity index (χ4n) is 4.03. The van der Waals surface area contributed by atoms with Crippen LogP contribution in [-0.2, 0) is 52.2 Å². The van der Waals surface area contributed by atoms with E-state index in [0.29, 0.717) is 125 Å². The van der Waals surface area contributed by atoms with Crippen molar-refractivity contribution in [2.24, 2.45) is 0 Å². The van der Waals surface area contributed by atoms with Crippen molar-refractivity contribution in [3.8, 4) is 0 Å². The SMILES string of the molecule is CCCCCCCCCC(=O)OCCOCCOCCOCCOCCOCCOCCOCCOCCOCCCCCCI. The Kier molecular flexibility index (Phi) is 42.7. The van der Waals surface area contributed by atoms with Gasteiger partial charge in [0.05, 0.1) is 112 Å². The molecule has 276 valence electrons. The van der Waals surface area contributed by atoms with E-state index in [2.05, 4.69) is 29.5 Å². The van der Waals surface area contributed by atoms with Crippen LogP contribution >= 0.6 is 22.6 Å². The lowest BCUT2D eigenvalue weighted by molar-refractivity contribution is -0.145. The number of ether oxygens (including phenoxy) is 10. The molecule has 0 N–H and O–H groups in total. The van der Waals surface area contributed by atoms with Gasteiger partial charge in [0.15, 0.2) is 0 Å². The first kappa shape index (κ1) is 45.8. The van der Waals surface area contributed by atoms with Gasteiger partial charge in [-0.15, -0.1) is 0 Å². The zero-order valence-electron chi connectivity index (χ0n) is 29.0. The molecule has 0 aliphatic carbocycles. The summed E-state index contributed by atoms with van der Waals surface area (Å²) in [5.74, 6) is -0.137. The number of rotatable bonds is 41. The van der Waals surface area contributed by atoms with Gasteiger partial charge in [0, 0.05) is 13.0 Å². The molecule has 12 heteroatoms. The molecule has 0 fully saturated rings. The van der Waals surface area contributed by atoms with Crippen molar-refractivity contribution >= 4 is 28.6 Å². The molecule has 0 aliphatic heterocycles. The second-order valence-electron chi connectivity index (χ2n) is 10.7. The molecule has 0 spiro atoms. The largest absolute Gasteiger partial charge is 0.463 e. The van der Waals surface area contributed by atoms with Crippen LogP contribution in [0.4, 0.5) is 0 Å². The van der Waals surface area contributed by atoms with E-state index in [1.807, 2.05) is 0 Å². The number of hydrogen-bond acceptors (Lipinski definition) is 11. The van der Waals surface area contributed by atoms with Gasteiger partial charge in [-0.2, -0.15) is 0 Å². The van der Waals surface area contributed by atoms with Gasteiger partial charge in [0.1, 0.15) is 6.61 Å². The molecule has 46 heavy (non-hydrogen) atoms. The summed E-state index contributed by atoms with van der Waals surface area (Å²) in [5, 5.41) is 0. The molecule has 0 rings (SSSR count). The number of alkyl halides is 1. The average Bonchev–Trinajstić information content (AvgIpc) is 3.06. The maximum atomic E-state index is 11.7. The average molecular weight is 779 g/mol. The predicted molar refractivity (Wildman–Crippen MR) is 188 cm³/mol. The molecular formula is C34H67IO11. The molecule has 0 atom stereocenters. The lowest BCUT2D eigenvalue weighted by Crippen LogP contribution is -2.15. The highest BCUT2D eigenvalue weighted by atomic mass is 127. The summed E-state index contributed by atoms with van der Waals surface area (Å²) in [5.41, 5.74) is 0. The second kappa shape index (κ2) is 42.9. The van der Waals surface area contributed by atoms with Crippen molar-refractivity contribution in [1.29, 1.82) is 0 Å². The minimum Gasteiger partial charge on any atom is -0.463 e. The number of halogens is 1. The summed E-state index contributed by atoms with van der Waals surface area (Å²) >= 11 is 2.42. The van der Waals surface area contributed by atoms with Crippen LogP contribution in [0.25, 0.3) is 0 Å². The number of carbonyl (C=O) groups is 1. The Morgan fingerprint density at radius 2 is 0.674 bits per heavy atom. The third-order valence-corrected chi connectivity index (χ3v) is 7.39. The van der Waals surface area contributed by atoms with E-state index in [1.54, 1.807) is 0 Å². The van der Waals surface area contributed by atoms with Gasteiger partial charge in [-0.1, -0.05) is 80.9 Å². The van der Waals surface area contributed by atoms with Crippen LogP contribution in [0.2, 0.25) is 0 Å². The number of esters is 1. The number of unbranched alkanes of at least 4 members (excludes halogenated alkanes) is 9. The molecule has 0 saturated heterocycles. The maximum Gasteiger partial charge on any atom is 0.305 e. The van der Waals surface area contributed by atoms with E-state index in [1.165, 1.54) is 55.8 Å². The highest BCUT2D eigenvalue weighted by Crippen LogP contribution is 2.08. The first-order valence-corrected chi connectivity index (χ1v) is 19.2. The van der Waals surface area contributed by atoms with Crippen LogP contribution in [0, 0.1) is 0 Å². The molecule has 0 unspecified atom stereocenters. The molecule has 0 radical (unpaired) electrons. The fraction of sp³-hybridized carbons (Fsp3) is 0.971. The molecule has 0 aromatic carbocycles. The Bertz CT molecular complexity index is 575. The van der Waals surface area contributed by atoms with Crippen LogP contribution in [0.3, 0.4) is 0 Å². The van der Waals surface area contributed by atoms with E-state index in [4.69, 9.17) is 47.4 Å². The highest BCUT2D eigenvalue weighted by molar-refractivity contribution is 14.1. The smallest absolute Gasteiger partial charge is 0.305 e. The maximum absolute atomic E-state index is 11.7. The van der Waals surface area contributed by atoms with Crippen molar-refractivity contribution in [2.45, 2.75) is 84.0 Å². The molecule has 0 amide bonds. The standard InChI is InChI=1S/C34H67IO11/c1-2-3-4-5-6-7-10-13-34(36)46-33-32-45-31-30-44-29-28-43-27-26-42-25-24-41-23-22-40-21-20-39-19-18-38-17-16-37-15-12-9-8-11-14-35/h2-33H2,1H3. The van der Waals surface area contributed by atoms with E-state index >= 15 is 0 Å². The Morgan fingerprint density at radius 1 is 0.370 bits per heavy atom. The Morgan fingerprint density at radius 3 is 1.07 bits per heavy atom. The Balaban J connectivity index is 3.09. The third kappa shape index (κ3) is 41.9. The summed E-state index contributed by atoms with van der Waals surface area (Å²) in [6.07, 6.45) is 13.8. The summed E-state index contributed by atoms with van der Waals surface area (Å²) in [6.45, 7) is 12.2. The van der Waals surface area contributed by atoms with Crippen LogP contribution < -0.4 is 0 Å². The molecule has 0 aliphatic rings. The van der Waals surface area contributed by atoms with Gasteiger partial charge in [-0.05, 0) is 23.7 Å². The van der Waals surface area contributed by atoms with Crippen molar-refractivity contribution in [3.63, 3.8) is 0 Å². The second-order valence-corrected chi connectivity index (χ2v) is 11.8. The molecule has 11 nitrogen and oxygen atoms in total. The zero-order chi connectivity index (χ0) is 33.3. The minimum atomic E-state index is -0.137. The molecule has 0 bridgehead atoms. The quantitative estimate of drug-likeness (QED) is 0.0325. The van der Waals surface area contributed by atoms with Crippen LogP contribution in [0.1, 0.15) is 84.0 Å². The lowest BCUT2D eigenvalue weighted by Gasteiger charge is -2.09. The topological polar surface area (TPSA) is 109 Å². The highest BCUT2D eigenvalue weighted by Gasteiger charge is 2.03. The molecule has 0 aromatic rings. The summed E-state index contributed by atoms with van der Waals surface area (Å²) in [4.78, 5) is 11.7. The van der Waals surface area contributed by atoms with Gasteiger partial charge >= 0.3 is 5.97 Å². The zero-order valence-corrected chi connectivity index (χ0v) is 31.2. The summed E-state index contributed by atoms with van der Waals surface area (Å²) in [7, 11) is 0. The van der Waals surface area contributed by atoms with Gasteiger partial charge < -0.3 is 47.4 Å². The number of carbonyl (C=O) groups excluding carboxylic acids is 1. The van der Waals surface area contributed by atoms with E-state index in [-0.39, 0.29) is 5.97 Å². The fourth-order valence-corrected chi connectivity index (χ4v) is 4.57. The summed E-state index contributed by atoms with van der Waals surface area (Å²) < 4.78 is 55.8. The van der Waals surface area contributed by atoms with Gasteiger partial charge in [0.25, 0.3) is 0 Å². The summed E-state index contributed by atoms with van der Waals surface area (Å²) in [6, 6.07) is 0. The molecular weight excluding hydrogens is 711 g/mol. The van der Waals surface area contributed by atoms with Crippen LogP contribution in [0.5, 0.6) is 0 Å². The van der Waals surface area contributed by atoms with Gasteiger partial charge in [0.2, 0.25) is 0 Å². The Hall–Kier alpha value is -0.160.